The van der Waals surface area contributed by atoms with Crippen molar-refractivity contribution >= 4 is 22.9 Å². The second-order valence-electron chi connectivity index (χ2n) is 5.31. The maximum absolute atomic E-state index is 14.1. The maximum atomic E-state index is 14.1. The van der Waals surface area contributed by atoms with Gasteiger partial charge in [-0.2, -0.15) is 0 Å². The number of nitrogens with one attached hydrogen (secondary N) is 1. The fourth-order valence-corrected chi connectivity index (χ4v) is 2.75. The predicted molar refractivity (Wildman–Crippen MR) is 75.2 cm³/mol. The Morgan fingerprint density at radius 2 is 2.14 bits per heavy atom. The van der Waals surface area contributed by atoms with Gasteiger partial charge in [0.05, 0.1) is 10.5 Å². The van der Waals surface area contributed by atoms with Crippen molar-refractivity contribution in [2.24, 2.45) is 0 Å². The first-order valence-electron chi connectivity index (χ1n) is 6.24. The summed E-state index contributed by atoms with van der Waals surface area (Å²) in [6.07, 6.45) is -0.153. The van der Waals surface area contributed by atoms with Crippen LogP contribution < -0.4 is 5.32 Å². The molecule has 21 heavy (non-hydrogen) atoms. The lowest BCUT2D eigenvalue weighted by Gasteiger charge is -2.42. The van der Waals surface area contributed by atoms with Crippen LogP contribution in [0.1, 0.15) is 25.3 Å². The lowest BCUT2D eigenvalue weighted by atomic mass is 9.79. The van der Waals surface area contributed by atoms with E-state index in [1.165, 1.54) is 0 Å². The SMILES string of the molecule is C[C@@]1(c2cc([N+](=O)[O-])ccc2F)CC[C@@](F)(CF)C(=S)N1. The first-order valence-corrected chi connectivity index (χ1v) is 6.65. The molecule has 1 fully saturated rings. The molecule has 1 aliphatic rings. The topological polar surface area (TPSA) is 55.2 Å². The summed E-state index contributed by atoms with van der Waals surface area (Å²) in [5, 5.41) is 13.4. The van der Waals surface area contributed by atoms with Crippen LogP contribution in [0.15, 0.2) is 18.2 Å². The second kappa shape index (κ2) is 5.25. The minimum absolute atomic E-state index is 0.0139. The van der Waals surface area contributed by atoms with Gasteiger partial charge in [0.25, 0.3) is 5.69 Å². The Kier molecular flexibility index (Phi) is 3.92. The molecular weight excluding hydrogens is 305 g/mol. The molecule has 2 atom stereocenters. The quantitative estimate of drug-likeness (QED) is 0.527. The van der Waals surface area contributed by atoms with Crippen LogP contribution in [-0.4, -0.2) is 22.3 Å². The third-order valence-corrected chi connectivity index (χ3v) is 4.25. The summed E-state index contributed by atoms with van der Waals surface area (Å²) in [7, 11) is 0. The van der Waals surface area contributed by atoms with E-state index in [0.717, 1.165) is 18.2 Å². The minimum Gasteiger partial charge on any atom is -0.368 e. The molecule has 0 unspecified atom stereocenters. The van der Waals surface area contributed by atoms with Gasteiger partial charge in [-0.1, -0.05) is 12.2 Å². The number of rotatable bonds is 3. The van der Waals surface area contributed by atoms with Crippen molar-refractivity contribution in [3.05, 3.63) is 39.7 Å². The molecular formula is C13H13F3N2O2S. The molecule has 8 heteroatoms. The van der Waals surface area contributed by atoms with Gasteiger partial charge in [-0.3, -0.25) is 10.1 Å². The molecule has 1 saturated heterocycles. The molecule has 0 amide bonds. The molecule has 1 heterocycles. The highest BCUT2D eigenvalue weighted by Crippen LogP contribution is 2.38. The third-order valence-electron chi connectivity index (χ3n) is 3.78. The van der Waals surface area contributed by atoms with Crippen LogP contribution in [0.25, 0.3) is 0 Å². The predicted octanol–water partition coefficient (Wildman–Crippen LogP) is 3.34. The number of alkyl halides is 2. The normalized spacial score (nSPS) is 29.0. The van der Waals surface area contributed by atoms with Crippen molar-refractivity contribution in [3.63, 3.8) is 0 Å². The number of nitro benzene ring substituents is 1. The fraction of sp³-hybridized carbons (Fsp3) is 0.462. The summed E-state index contributed by atoms with van der Waals surface area (Å²) >= 11 is 4.83. The van der Waals surface area contributed by atoms with Crippen LogP contribution in [0.3, 0.4) is 0 Å². The zero-order valence-corrected chi connectivity index (χ0v) is 12.0. The summed E-state index contributed by atoms with van der Waals surface area (Å²) in [5.41, 5.74) is -3.63. The summed E-state index contributed by atoms with van der Waals surface area (Å²) in [5.74, 6) is -0.662. The molecule has 1 N–H and O–H groups in total. The first kappa shape index (κ1) is 15.7. The van der Waals surface area contributed by atoms with Gasteiger partial charge in [-0.05, 0) is 25.8 Å². The Hall–Kier alpha value is -1.70. The molecule has 1 aliphatic heterocycles. The zero-order valence-electron chi connectivity index (χ0n) is 11.2. The van der Waals surface area contributed by atoms with Gasteiger partial charge in [0.15, 0.2) is 5.67 Å². The van der Waals surface area contributed by atoms with E-state index in [2.05, 4.69) is 5.32 Å². The standard InChI is InChI=1S/C13H13F3N2O2S/c1-12(4-5-13(16,7-14)11(21)17-12)9-6-8(18(19)20)2-3-10(9)15/h2-3,6H,4-5,7H2,1H3,(H,17,21)/t12-,13+/m0/s1. The van der Waals surface area contributed by atoms with E-state index >= 15 is 0 Å². The number of piperidine rings is 1. The number of hydrogen-bond acceptors (Lipinski definition) is 3. The van der Waals surface area contributed by atoms with E-state index in [1.807, 2.05) is 0 Å². The smallest absolute Gasteiger partial charge is 0.269 e. The molecule has 0 spiro atoms. The Morgan fingerprint density at radius 3 is 2.67 bits per heavy atom. The van der Waals surface area contributed by atoms with Crippen LogP contribution in [-0.2, 0) is 5.54 Å². The summed E-state index contributed by atoms with van der Waals surface area (Å²) in [4.78, 5) is 9.81. The van der Waals surface area contributed by atoms with Gasteiger partial charge < -0.3 is 5.32 Å². The van der Waals surface area contributed by atoms with Gasteiger partial charge in [-0.25, -0.2) is 13.2 Å². The zero-order chi connectivity index (χ0) is 15.8. The van der Waals surface area contributed by atoms with Gasteiger partial charge in [-0.15, -0.1) is 0 Å². The fourth-order valence-electron chi connectivity index (χ4n) is 2.37. The molecule has 1 aromatic rings. The third kappa shape index (κ3) is 2.72. The second-order valence-corrected chi connectivity index (χ2v) is 5.71. The molecule has 0 saturated carbocycles. The number of halogens is 3. The van der Waals surface area contributed by atoms with Crippen LogP contribution in [0, 0.1) is 15.9 Å². The van der Waals surface area contributed by atoms with Crippen LogP contribution in [0.4, 0.5) is 18.9 Å². The molecule has 0 bridgehead atoms. The van der Waals surface area contributed by atoms with Gasteiger partial charge >= 0.3 is 0 Å². The molecule has 0 aromatic heterocycles. The molecule has 0 radical (unpaired) electrons. The van der Waals surface area contributed by atoms with E-state index in [-0.39, 0.29) is 29.1 Å². The van der Waals surface area contributed by atoms with E-state index in [1.54, 1.807) is 6.92 Å². The Morgan fingerprint density at radius 1 is 1.48 bits per heavy atom. The first-order chi connectivity index (χ1) is 9.72. The number of thiocarbonyl (C=S) groups is 1. The summed E-state index contributed by atoms with van der Waals surface area (Å²) in [6, 6.07) is 3.12. The summed E-state index contributed by atoms with van der Waals surface area (Å²) in [6.45, 7) is 0.297. The van der Waals surface area contributed by atoms with Crippen molar-refractivity contribution in [1.29, 1.82) is 0 Å². The van der Waals surface area contributed by atoms with E-state index in [4.69, 9.17) is 12.2 Å². The van der Waals surface area contributed by atoms with Crippen molar-refractivity contribution in [2.75, 3.05) is 6.67 Å². The van der Waals surface area contributed by atoms with E-state index < -0.39 is 28.6 Å². The van der Waals surface area contributed by atoms with E-state index in [0.29, 0.717) is 0 Å². The Balaban J connectivity index is 2.40. The number of nitro groups is 1. The number of benzene rings is 1. The average Bonchev–Trinajstić information content (AvgIpc) is 2.43. The molecule has 2 rings (SSSR count). The molecule has 4 nitrogen and oxygen atoms in total. The molecule has 0 aliphatic carbocycles. The van der Waals surface area contributed by atoms with Gasteiger partial charge in [0.2, 0.25) is 0 Å². The average molecular weight is 318 g/mol. The Labute approximate surface area is 124 Å². The highest BCUT2D eigenvalue weighted by Gasteiger charge is 2.46. The molecule has 114 valence electrons. The van der Waals surface area contributed by atoms with Crippen molar-refractivity contribution < 1.29 is 18.1 Å². The highest BCUT2D eigenvalue weighted by molar-refractivity contribution is 7.80. The van der Waals surface area contributed by atoms with Crippen LogP contribution in [0.5, 0.6) is 0 Å². The lowest BCUT2D eigenvalue weighted by molar-refractivity contribution is -0.385. The van der Waals surface area contributed by atoms with Crippen molar-refractivity contribution in [3.8, 4) is 0 Å². The van der Waals surface area contributed by atoms with E-state index in [9.17, 15) is 23.3 Å². The van der Waals surface area contributed by atoms with Gasteiger partial charge in [0.1, 0.15) is 17.5 Å². The van der Waals surface area contributed by atoms with Crippen molar-refractivity contribution in [2.45, 2.75) is 31.0 Å². The molecule has 1 aromatic carbocycles. The minimum atomic E-state index is -2.26. The monoisotopic (exact) mass is 318 g/mol. The van der Waals surface area contributed by atoms with Crippen molar-refractivity contribution in [1.82, 2.24) is 5.32 Å². The maximum Gasteiger partial charge on any atom is 0.269 e. The number of non-ortho nitro benzene ring substituents is 1. The summed E-state index contributed by atoms with van der Waals surface area (Å²) < 4.78 is 40.8. The van der Waals surface area contributed by atoms with Gasteiger partial charge in [0, 0.05) is 17.7 Å². The Bertz CT molecular complexity index is 613. The lowest BCUT2D eigenvalue weighted by Crippen LogP contribution is -2.57. The number of nitrogens with zero attached hydrogens (tertiary/aromatic N) is 1. The number of hydrogen-bond donors (Lipinski definition) is 1. The largest absolute Gasteiger partial charge is 0.368 e. The van der Waals surface area contributed by atoms with Crippen LogP contribution in [0.2, 0.25) is 0 Å². The highest BCUT2D eigenvalue weighted by atomic mass is 32.1. The van der Waals surface area contributed by atoms with Crippen LogP contribution >= 0.6 is 12.2 Å².